The summed E-state index contributed by atoms with van der Waals surface area (Å²) in [7, 11) is 0. The maximum Gasteiger partial charge on any atom is 0.364 e. The van der Waals surface area contributed by atoms with Gasteiger partial charge in [0.05, 0.1) is 9.45 Å². The van der Waals surface area contributed by atoms with E-state index in [4.69, 9.17) is 11.6 Å². The summed E-state index contributed by atoms with van der Waals surface area (Å²) >= 11 is 7.10. The van der Waals surface area contributed by atoms with Crippen molar-refractivity contribution in [3.8, 4) is 0 Å². The number of pyridine rings is 1. The van der Waals surface area contributed by atoms with Gasteiger partial charge in [-0.25, -0.2) is 8.78 Å². The quantitative estimate of drug-likeness (QED) is 0.365. The van der Waals surface area contributed by atoms with Crippen molar-refractivity contribution in [1.82, 2.24) is 4.98 Å². The van der Waals surface area contributed by atoms with Crippen LogP contribution < -0.4 is 0 Å². The molecule has 0 saturated carbocycles. The van der Waals surface area contributed by atoms with Gasteiger partial charge < -0.3 is 10.1 Å². The molecular weight excluding hydrogens is 344 g/mol. The third-order valence-electron chi connectivity index (χ3n) is 1.59. The molecule has 0 saturated heterocycles. The van der Waals surface area contributed by atoms with Crippen molar-refractivity contribution in [3.05, 3.63) is 31.0 Å². The summed E-state index contributed by atoms with van der Waals surface area (Å²) in [5, 5.41) is 10.4. The van der Waals surface area contributed by atoms with Gasteiger partial charge in [0.15, 0.2) is 5.69 Å². The maximum absolute atomic E-state index is 12.5. The van der Waals surface area contributed by atoms with E-state index in [1.165, 1.54) is 0 Å². The first-order valence-corrected chi connectivity index (χ1v) is 5.26. The van der Waals surface area contributed by atoms with Crippen LogP contribution in [0.15, 0.2) is 6.07 Å². The van der Waals surface area contributed by atoms with E-state index in [1.807, 2.05) is 0 Å². The highest BCUT2D eigenvalue weighted by Gasteiger charge is 2.23. The molecule has 0 fully saturated rings. The summed E-state index contributed by atoms with van der Waals surface area (Å²) in [6, 6.07) is 0.766. The smallest absolute Gasteiger partial charge is 0.358 e. The van der Waals surface area contributed by atoms with Gasteiger partial charge in [0.1, 0.15) is 0 Å². The molecule has 0 aliphatic heterocycles. The second-order valence-electron chi connectivity index (χ2n) is 2.52. The Morgan fingerprint density at radius 1 is 1.67 bits per heavy atom. The summed E-state index contributed by atoms with van der Waals surface area (Å²) in [4.78, 5) is 13.1. The van der Waals surface area contributed by atoms with Crippen molar-refractivity contribution < 1.29 is 13.7 Å². The molecule has 0 N–H and O–H groups in total. The van der Waals surface area contributed by atoms with Crippen molar-refractivity contribution in [2.45, 2.75) is 12.3 Å². The van der Waals surface area contributed by atoms with Gasteiger partial charge in [-0.15, -0.1) is 11.6 Å². The Balaban J connectivity index is 3.38. The number of hydrogen-bond donors (Lipinski definition) is 0. The van der Waals surface area contributed by atoms with Crippen molar-refractivity contribution in [2.24, 2.45) is 0 Å². The largest absolute Gasteiger partial charge is 0.364 e. The van der Waals surface area contributed by atoms with Crippen molar-refractivity contribution >= 4 is 40.0 Å². The van der Waals surface area contributed by atoms with Crippen molar-refractivity contribution in [3.63, 3.8) is 0 Å². The van der Waals surface area contributed by atoms with E-state index in [1.54, 1.807) is 22.6 Å². The average molecular weight is 348 g/mol. The Morgan fingerprint density at radius 2 is 2.27 bits per heavy atom. The zero-order valence-corrected chi connectivity index (χ0v) is 10.00. The number of rotatable bonds is 3. The summed E-state index contributed by atoms with van der Waals surface area (Å²) < 4.78 is 25.1. The van der Waals surface area contributed by atoms with Gasteiger partial charge in [0.25, 0.3) is 6.43 Å². The Morgan fingerprint density at radius 3 is 2.67 bits per heavy atom. The monoisotopic (exact) mass is 348 g/mol. The highest BCUT2D eigenvalue weighted by molar-refractivity contribution is 14.1. The van der Waals surface area contributed by atoms with Crippen LogP contribution in [0.3, 0.4) is 0 Å². The van der Waals surface area contributed by atoms with Gasteiger partial charge in [0.2, 0.25) is 0 Å². The maximum atomic E-state index is 12.5. The predicted molar refractivity (Wildman–Crippen MR) is 58.1 cm³/mol. The highest BCUT2D eigenvalue weighted by Crippen LogP contribution is 2.29. The average Bonchev–Trinajstić information content (AvgIpc) is 2.17. The molecule has 0 spiro atoms. The minimum absolute atomic E-state index is 0.0989. The molecule has 15 heavy (non-hydrogen) atoms. The van der Waals surface area contributed by atoms with Crippen LogP contribution in [0.5, 0.6) is 0 Å². The molecule has 0 radical (unpaired) electrons. The summed E-state index contributed by atoms with van der Waals surface area (Å²) in [5.74, 6) is -0.749. The standard InChI is InChI=1S/C7H4ClF2IN2O2/c8-2-4-6(11)3(7(9)10)1-5(12-4)13(14)15/h1,7H,2H2. The first kappa shape index (κ1) is 12.5. The number of nitro groups is 1. The molecule has 0 aromatic carbocycles. The topological polar surface area (TPSA) is 56.0 Å². The molecule has 82 valence electrons. The Labute approximate surface area is 102 Å². The second-order valence-corrected chi connectivity index (χ2v) is 3.87. The lowest BCUT2D eigenvalue weighted by atomic mass is 10.2. The molecule has 0 atom stereocenters. The van der Waals surface area contributed by atoms with E-state index < -0.39 is 22.7 Å². The van der Waals surface area contributed by atoms with Gasteiger partial charge in [0, 0.05) is 11.6 Å². The van der Waals surface area contributed by atoms with Crippen LogP contribution >= 0.6 is 34.2 Å². The molecule has 0 amide bonds. The van der Waals surface area contributed by atoms with Crippen LogP contribution in [0.4, 0.5) is 14.6 Å². The lowest BCUT2D eigenvalue weighted by Gasteiger charge is -2.04. The number of aromatic nitrogens is 1. The molecule has 4 nitrogen and oxygen atoms in total. The van der Waals surface area contributed by atoms with Crippen molar-refractivity contribution in [2.75, 3.05) is 0 Å². The molecule has 0 aliphatic rings. The van der Waals surface area contributed by atoms with Gasteiger partial charge >= 0.3 is 5.82 Å². The Kier molecular flexibility index (Phi) is 4.14. The minimum atomic E-state index is -2.78. The van der Waals surface area contributed by atoms with Crippen LogP contribution in [0, 0.1) is 13.7 Å². The summed E-state index contributed by atoms with van der Waals surface area (Å²) in [6.45, 7) is 0. The van der Waals surface area contributed by atoms with E-state index in [0.717, 1.165) is 6.07 Å². The van der Waals surface area contributed by atoms with E-state index in [-0.39, 0.29) is 15.1 Å². The van der Waals surface area contributed by atoms with Crippen LogP contribution in [0.1, 0.15) is 17.7 Å². The summed E-state index contributed by atoms with van der Waals surface area (Å²) in [6.07, 6.45) is -2.78. The van der Waals surface area contributed by atoms with Gasteiger partial charge in [-0.1, -0.05) is 0 Å². The highest BCUT2D eigenvalue weighted by atomic mass is 127. The Bertz CT molecular complexity index is 403. The first-order valence-electron chi connectivity index (χ1n) is 3.65. The third-order valence-corrected chi connectivity index (χ3v) is 3.09. The zero-order valence-electron chi connectivity index (χ0n) is 7.08. The van der Waals surface area contributed by atoms with E-state index >= 15 is 0 Å². The number of nitrogens with zero attached hydrogens (tertiary/aromatic N) is 2. The third kappa shape index (κ3) is 2.71. The molecule has 0 aliphatic carbocycles. The zero-order chi connectivity index (χ0) is 11.6. The molecule has 1 aromatic rings. The van der Waals surface area contributed by atoms with Crippen LogP contribution in [0.2, 0.25) is 0 Å². The molecule has 0 unspecified atom stereocenters. The van der Waals surface area contributed by atoms with Crippen LogP contribution in [-0.2, 0) is 5.88 Å². The van der Waals surface area contributed by atoms with E-state index in [0.29, 0.717) is 0 Å². The first-order chi connectivity index (χ1) is 6.97. The van der Waals surface area contributed by atoms with Crippen LogP contribution in [-0.4, -0.2) is 9.91 Å². The molecular formula is C7H4ClF2IN2O2. The Hall–Kier alpha value is -0.570. The lowest BCUT2D eigenvalue weighted by Crippen LogP contribution is -2.02. The minimum Gasteiger partial charge on any atom is -0.358 e. The van der Waals surface area contributed by atoms with Crippen molar-refractivity contribution in [1.29, 1.82) is 0 Å². The number of hydrogen-bond acceptors (Lipinski definition) is 3. The predicted octanol–water partition coefficient (Wildman–Crippen LogP) is 3.27. The van der Waals surface area contributed by atoms with E-state index in [2.05, 4.69) is 4.98 Å². The number of alkyl halides is 3. The molecule has 1 heterocycles. The van der Waals surface area contributed by atoms with Gasteiger partial charge in [-0.05, 0) is 32.5 Å². The van der Waals surface area contributed by atoms with Gasteiger partial charge in [-0.2, -0.15) is 0 Å². The fourth-order valence-corrected chi connectivity index (χ4v) is 2.05. The number of halogens is 4. The SMILES string of the molecule is O=[N+]([O-])c1cc(C(F)F)c(I)c(CCl)n1. The molecule has 1 rings (SSSR count). The molecule has 8 heteroatoms. The fraction of sp³-hybridized carbons (Fsp3) is 0.286. The molecule has 1 aromatic heterocycles. The van der Waals surface area contributed by atoms with Gasteiger partial charge in [-0.3, -0.25) is 0 Å². The van der Waals surface area contributed by atoms with E-state index in [9.17, 15) is 18.9 Å². The van der Waals surface area contributed by atoms with Crippen LogP contribution in [0.25, 0.3) is 0 Å². The second kappa shape index (κ2) is 4.97. The normalized spacial score (nSPS) is 10.7. The fourth-order valence-electron chi connectivity index (χ4n) is 0.930. The molecule has 0 bridgehead atoms. The lowest BCUT2D eigenvalue weighted by molar-refractivity contribution is -0.389. The summed E-state index contributed by atoms with van der Waals surface area (Å²) in [5.41, 5.74) is -0.310.